The van der Waals surface area contributed by atoms with Crippen molar-refractivity contribution in [2.24, 2.45) is 0 Å². The Hall–Kier alpha value is -3.41. The van der Waals surface area contributed by atoms with Crippen molar-refractivity contribution in [2.45, 2.75) is 32.2 Å². The van der Waals surface area contributed by atoms with Gasteiger partial charge in [-0.3, -0.25) is 4.79 Å². The van der Waals surface area contributed by atoms with E-state index in [0.717, 1.165) is 30.9 Å². The van der Waals surface area contributed by atoms with E-state index in [1.807, 2.05) is 18.2 Å². The van der Waals surface area contributed by atoms with E-state index in [-0.39, 0.29) is 11.9 Å². The highest BCUT2D eigenvalue weighted by molar-refractivity contribution is 6.03. The molecular formula is C24H25N5O. The summed E-state index contributed by atoms with van der Waals surface area (Å²) in [5, 5.41) is 2.96. The average molecular weight is 399 g/mol. The summed E-state index contributed by atoms with van der Waals surface area (Å²) in [6.45, 7) is 4.36. The van der Waals surface area contributed by atoms with E-state index in [2.05, 4.69) is 62.3 Å². The van der Waals surface area contributed by atoms with Crippen molar-refractivity contribution in [2.75, 3.05) is 28.2 Å². The van der Waals surface area contributed by atoms with Crippen molar-refractivity contribution in [1.29, 1.82) is 0 Å². The van der Waals surface area contributed by atoms with Crippen molar-refractivity contribution in [1.82, 2.24) is 9.97 Å². The highest BCUT2D eigenvalue weighted by atomic mass is 16.1. The van der Waals surface area contributed by atoms with E-state index < -0.39 is 0 Å². The summed E-state index contributed by atoms with van der Waals surface area (Å²) in [5.74, 6) is 0.331. The minimum absolute atomic E-state index is 0.229. The third-order valence-corrected chi connectivity index (χ3v) is 5.89. The number of benzene rings is 2. The van der Waals surface area contributed by atoms with Crippen LogP contribution < -0.4 is 15.1 Å². The maximum atomic E-state index is 12.8. The first-order chi connectivity index (χ1) is 14.7. The molecule has 2 aliphatic heterocycles. The molecule has 0 aliphatic carbocycles. The fourth-order valence-corrected chi connectivity index (χ4v) is 4.39. The molecule has 30 heavy (non-hydrogen) atoms. The van der Waals surface area contributed by atoms with E-state index in [0.29, 0.717) is 11.6 Å². The van der Waals surface area contributed by atoms with Crippen LogP contribution in [0.4, 0.5) is 23.0 Å². The number of carbonyl (C=O) groups is 1. The Morgan fingerprint density at radius 1 is 1.03 bits per heavy atom. The summed E-state index contributed by atoms with van der Waals surface area (Å²) in [7, 11) is 0. The number of aromatic nitrogens is 2. The molecule has 1 N–H and O–H groups in total. The predicted octanol–water partition coefficient (Wildman–Crippen LogP) is 4.41. The lowest BCUT2D eigenvalue weighted by Crippen LogP contribution is -2.27. The van der Waals surface area contributed by atoms with E-state index >= 15 is 0 Å². The standard InChI is InChI=1S/C24H25N5O/c1-17-16-18-6-2-3-7-22(18)29(17)24-25-13-12-21(27-24)23(30)26-19-8-10-20(11-9-19)28-14-4-5-15-28/h2-3,6-13,17H,4-5,14-16H2,1H3,(H,26,30). The van der Waals surface area contributed by atoms with Crippen LogP contribution in [-0.2, 0) is 6.42 Å². The topological polar surface area (TPSA) is 61.4 Å². The number of nitrogens with zero attached hydrogens (tertiary/aromatic N) is 4. The third-order valence-electron chi connectivity index (χ3n) is 5.89. The molecule has 2 aliphatic rings. The molecule has 0 spiro atoms. The van der Waals surface area contributed by atoms with Gasteiger partial charge in [-0.15, -0.1) is 0 Å². The fourth-order valence-electron chi connectivity index (χ4n) is 4.39. The van der Waals surface area contributed by atoms with E-state index in [1.165, 1.54) is 24.1 Å². The Balaban J connectivity index is 1.33. The van der Waals surface area contributed by atoms with Gasteiger partial charge in [0, 0.05) is 42.4 Å². The Bertz CT molecular complexity index is 1060. The van der Waals surface area contributed by atoms with E-state index in [1.54, 1.807) is 12.3 Å². The van der Waals surface area contributed by atoms with Crippen molar-refractivity contribution < 1.29 is 4.79 Å². The number of nitrogens with one attached hydrogen (secondary N) is 1. The third kappa shape index (κ3) is 3.49. The molecule has 0 bridgehead atoms. The van der Waals surface area contributed by atoms with Gasteiger partial charge in [0.15, 0.2) is 0 Å². The maximum absolute atomic E-state index is 12.8. The van der Waals surface area contributed by atoms with Crippen molar-refractivity contribution >= 4 is 28.9 Å². The molecule has 1 unspecified atom stereocenters. The molecule has 1 fully saturated rings. The van der Waals surface area contributed by atoms with Crippen LogP contribution in [0.3, 0.4) is 0 Å². The van der Waals surface area contributed by atoms with Gasteiger partial charge in [-0.1, -0.05) is 18.2 Å². The molecule has 6 heteroatoms. The second-order valence-corrected chi connectivity index (χ2v) is 7.99. The molecule has 2 aromatic carbocycles. The second-order valence-electron chi connectivity index (χ2n) is 7.99. The molecule has 3 heterocycles. The van der Waals surface area contributed by atoms with Crippen LogP contribution in [-0.4, -0.2) is 35.0 Å². The Morgan fingerprint density at radius 2 is 1.80 bits per heavy atom. The first-order valence-corrected chi connectivity index (χ1v) is 10.6. The minimum atomic E-state index is -0.229. The van der Waals surface area contributed by atoms with Crippen molar-refractivity contribution in [3.8, 4) is 0 Å². The normalized spacial score (nSPS) is 17.8. The number of hydrogen-bond donors (Lipinski definition) is 1. The molecule has 5 rings (SSSR count). The van der Waals surface area contributed by atoms with Crippen LogP contribution in [0.5, 0.6) is 0 Å². The number of para-hydroxylation sites is 1. The van der Waals surface area contributed by atoms with Gasteiger partial charge in [0.2, 0.25) is 5.95 Å². The van der Waals surface area contributed by atoms with Crippen LogP contribution >= 0.6 is 0 Å². The molecular weight excluding hydrogens is 374 g/mol. The maximum Gasteiger partial charge on any atom is 0.274 e. The monoisotopic (exact) mass is 399 g/mol. The molecule has 0 saturated carbocycles. The van der Waals surface area contributed by atoms with Gasteiger partial charge >= 0.3 is 0 Å². The van der Waals surface area contributed by atoms with Crippen LogP contribution in [0.15, 0.2) is 60.8 Å². The lowest BCUT2D eigenvalue weighted by molar-refractivity contribution is 0.102. The van der Waals surface area contributed by atoms with Crippen LogP contribution in [0.1, 0.15) is 35.8 Å². The smallest absolute Gasteiger partial charge is 0.274 e. The van der Waals surface area contributed by atoms with Crippen molar-refractivity contribution in [3.63, 3.8) is 0 Å². The SMILES string of the molecule is CC1Cc2ccccc2N1c1nccc(C(=O)Nc2ccc(N3CCCC3)cc2)n1. The van der Waals surface area contributed by atoms with Gasteiger partial charge in [-0.25, -0.2) is 9.97 Å². The second kappa shape index (κ2) is 7.78. The summed E-state index contributed by atoms with van der Waals surface area (Å²) < 4.78 is 0. The Morgan fingerprint density at radius 3 is 2.60 bits per heavy atom. The van der Waals surface area contributed by atoms with Crippen LogP contribution in [0.2, 0.25) is 0 Å². The average Bonchev–Trinajstić information content (AvgIpc) is 3.41. The highest BCUT2D eigenvalue weighted by Gasteiger charge is 2.29. The first kappa shape index (κ1) is 18.6. The number of anilines is 4. The zero-order chi connectivity index (χ0) is 20.5. The van der Waals surface area contributed by atoms with Gasteiger partial charge in [0.05, 0.1) is 0 Å². The van der Waals surface area contributed by atoms with Gasteiger partial charge in [-0.05, 0) is 68.1 Å². The summed E-state index contributed by atoms with van der Waals surface area (Å²) in [5.41, 5.74) is 4.72. The van der Waals surface area contributed by atoms with E-state index in [4.69, 9.17) is 0 Å². The minimum Gasteiger partial charge on any atom is -0.372 e. The molecule has 152 valence electrons. The fraction of sp³-hybridized carbons (Fsp3) is 0.292. The zero-order valence-corrected chi connectivity index (χ0v) is 17.1. The summed E-state index contributed by atoms with van der Waals surface area (Å²) >= 11 is 0. The molecule has 1 atom stereocenters. The first-order valence-electron chi connectivity index (χ1n) is 10.6. The zero-order valence-electron chi connectivity index (χ0n) is 17.1. The number of hydrogen-bond acceptors (Lipinski definition) is 5. The van der Waals surface area contributed by atoms with Crippen molar-refractivity contribution in [3.05, 3.63) is 72.1 Å². The number of fused-ring (bicyclic) bond motifs is 1. The Labute approximate surface area is 176 Å². The highest BCUT2D eigenvalue weighted by Crippen LogP contribution is 2.36. The van der Waals surface area contributed by atoms with Crippen LogP contribution in [0.25, 0.3) is 0 Å². The summed E-state index contributed by atoms with van der Waals surface area (Å²) in [6.07, 6.45) is 5.09. The largest absolute Gasteiger partial charge is 0.372 e. The Kier molecular flexibility index (Phi) is 4.83. The summed E-state index contributed by atoms with van der Waals surface area (Å²) in [4.78, 5) is 26.3. The lowest BCUT2D eigenvalue weighted by Gasteiger charge is -2.22. The quantitative estimate of drug-likeness (QED) is 0.704. The predicted molar refractivity (Wildman–Crippen MR) is 120 cm³/mol. The molecule has 1 amide bonds. The van der Waals surface area contributed by atoms with Gasteiger partial charge in [0.1, 0.15) is 5.69 Å². The van der Waals surface area contributed by atoms with Gasteiger partial charge in [0.25, 0.3) is 5.91 Å². The molecule has 1 saturated heterocycles. The molecule has 6 nitrogen and oxygen atoms in total. The lowest BCUT2D eigenvalue weighted by atomic mass is 10.1. The number of carbonyl (C=O) groups excluding carboxylic acids is 1. The van der Waals surface area contributed by atoms with Gasteiger partial charge in [-0.2, -0.15) is 0 Å². The molecule has 3 aromatic rings. The van der Waals surface area contributed by atoms with Gasteiger partial charge < -0.3 is 15.1 Å². The number of rotatable bonds is 4. The number of amides is 1. The molecule has 0 radical (unpaired) electrons. The van der Waals surface area contributed by atoms with Crippen LogP contribution in [0, 0.1) is 0 Å². The summed E-state index contributed by atoms with van der Waals surface area (Å²) in [6, 6.07) is 18.2. The van der Waals surface area contributed by atoms with E-state index in [9.17, 15) is 4.79 Å². The molecule has 1 aromatic heterocycles.